The number of fused-ring (bicyclic) bond motifs is 1. The minimum absolute atomic E-state index is 0.00937. The Morgan fingerprint density at radius 3 is 2.62 bits per heavy atom. The van der Waals surface area contributed by atoms with Crippen molar-refractivity contribution in [3.63, 3.8) is 0 Å². The molecule has 3 heterocycles. The van der Waals surface area contributed by atoms with E-state index < -0.39 is 12.0 Å². The molecule has 1 amide bonds. The first-order chi connectivity index (χ1) is 13.8. The predicted molar refractivity (Wildman–Crippen MR) is 101 cm³/mol. The molecule has 152 valence electrons. The van der Waals surface area contributed by atoms with Crippen molar-refractivity contribution in [2.24, 2.45) is 5.92 Å². The number of alkyl halides is 3. The summed E-state index contributed by atoms with van der Waals surface area (Å²) in [6.45, 7) is 0.939. The Bertz CT molecular complexity index is 1040. The molecule has 7 nitrogen and oxygen atoms in total. The quantitative estimate of drug-likeness (QED) is 0.694. The van der Waals surface area contributed by atoms with E-state index in [0.717, 1.165) is 0 Å². The standard InChI is InChI=1S/C18H16ClF3N6O/c19-12-3-5-13(6-4-12)23-16(29)11-2-1-9-27(10-11)15-8-7-14-24-25-17(18(20,21)22)28(14)26-15/h3-8,11H,1-2,9-10H2,(H,23,29)/t11-/m1/s1. The van der Waals surface area contributed by atoms with Crippen molar-refractivity contribution in [3.05, 3.63) is 47.2 Å². The van der Waals surface area contributed by atoms with Crippen molar-refractivity contribution in [1.82, 2.24) is 19.8 Å². The van der Waals surface area contributed by atoms with Gasteiger partial charge in [-0.3, -0.25) is 4.79 Å². The number of anilines is 2. The smallest absolute Gasteiger partial charge is 0.354 e. The van der Waals surface area contributed by atoms with Crippen LogP contribution in [0.2, 0.25) is 5.02 Å². The minimum Gasteiger partial charge on any atom is -0.354 e. The number of carbonyl (C=O) groups is 1. The number of hydrogen-bond donors (Lipinski definition) is 1. The number of rotatable bonds is 3. The fourth-order valence-electron chi connectivity index (χ4n) is 3.30. The summed E-state index contributed by atoms with van der Waals surface area (Å²) in [4.78, 5) is 14.4. The van der Waals surface area contributed by atoms with E-state index in [-0.39, 0.29) is 17.5 Å². The van der Waals surface area contributed by atoms with Crippen LogP contribution in [0.4, 0.5) is 24.7 Å². The van der Waals surface area contributed by atoms with Crippen LogP contribution < -0.4 is 10.2 Å². The lowest BCUT2D eigenvalue weighted by molar-refractivity contribution is -0.146. The highest BCUT2D eigenvalue weighted by atomic mass is 35.5. The number of amides is 1. The summed E-state index contributed by atoms with van der Waals surface area (Å²) in [5.74, 6) is -1.31. The third-order valence-corrected chi connectivity index (χ3v) is 4.98. The molecular formula is C18H16ClF3N6O. The van der Waals surface area contributed by atoms with Gasteiger partial charge in [0.25, 0.3) is 5.82 Å². The number of aromatic nitrogens is 4. The highest BCUT2D eigenvalue weighted by Crippen LogP contribution is 2.29. The number of benzene rings is 1. The van der Waals surface area contributed by atoms with E-state index in [1.807, 2.05) is 0 Å². The zero-order valence-corrected chi connectivity index (χ0v) is 15.8. The van der Waals surface area contributed by atoms with E-state index >= 15 is 0 Å². The second kappa shape index (κ2) is 7.51. The molecule has 0 bridgehead atoms. The summed E-state index contributed by atoms with van der Waals surface area (Å²) in [6, 6.07) is 9.80. The lowest BCUT2D eigenvalue weighted by Gasteiger charge is -2.32. The summed E-state index contributed by atoms with van der Waals surface area (Å²) in [5.41, 5.74) is 0.644. The summed E-state index contributed by atoms with van der Waals surface area (Å²) >= 11 is 5.85. The van der Waals surface area contributed by atoms with E-state index in [0.29, 0.717) is 47.0 Å². The number of halogens is 4. The normalized spacial score (nSPS) is 17.5. The molecule has 3 aromatic rings. The van der Waals surface area contributed by atoms with Crippen LogP contribution in [0.5, 0.6) is 0 Å². The fraction of sp³-hybridized carbons (Fsp3) is 0.333. The fourth-order valence-corrected chi connectivity index (χ4v) is 3.43. The first kappa shape index (κ1) is 19.4. The summed E-state index contributed by atoms with van der Waals surface area (Å²) in [6.07, 6.45) is -3.26. The summed E-state index contributed by atoms with van der Waals surface area (Å²) in [7, 11) is 0. The Balaban J connectivity index is 1.52. The highest BCUT2D eigenvalue weighted by molar-refractivity contribution is 6.30. The number of nitrogens with zero attached hydrogens (tertiary/aromatic N) is 5. The van der Waals surface area contributed by atoms with Crippen molar-refractivity contribution in [2.75, 3.05) is 23.3 Å². The Morgan fingerprint density at radius 2 is 1.90 bits per heavy atom. The molecule has 1 atom stereocenters. The zero-order valence-electron chi connectivity index (χ0n) is 15.0. The van der Waals surface area contributed by atoms with Crippen LogP contribution >= 0.6 is 11.6 Å². The molecule has 1 aliphatic heterocycles. The average Bonchev–Trinajstić information content (AvgIpc) is 3.13. The second-order valence-electron chi connectivity index (χ2n) is 6.76. The second-order valence-corrected chi connectivity index (χ2v) is 7.20. The Kier molecular flexibility index (Phi) is 5.03. The highest BCUT2D eigenvalue weighted by Gasteiger charge is 2.38. The third-order valence-electron chi connectivity index (χ3n) is 4.73. The van der Waals surface area contributed by atoms with Crippen molar-refractivity contribution in [1.29, 1.82) is 0 Å². The van der Waals surface area contributed by atoms with Gasteiger partial charge in [0.15, 0.2) is 5.65 Å². The first-order valence-corrected chi connectivity index (χ1v) is 9.30. The van der Waals surface area contributed by atoms with Gasteiger partial charge in [0.1, 0.15) is 5.82 Å². The van der Waals surface area contributed by atoms with Gasteiger partial charge in [-0.2, -0.15) is 17.7 Å². The molecule has 0 aliphatic carbocycles. The molecule has 11 heteroatoms. The van der Waals surface area contributed by atoms with Gasteiger partial charge in [-0.25, -0.2) is 0 Å². The van der Waals surface area contributed by atoms with Crippen molar-refractivity contribution < 1.29 is 18.0 Å². The van der Waals surface area contributed by atoms with Crippen LogP contribution in [0, 0.1) is 5.92 Å². The van der Waals surface area contributed by atoms with Crippen LogP contribution in [-0.2, 0) is 11.0 Å². The lowest BCUT2D eigenvalue weighted by Crippen LogP contribution is -2.41. The minimum atomic E-state index is -4.66. The van der Waals surface area contributed by atoms with Crippen LogP contribution in [-0.4, -0.2) is 38.8 Å². The Labute approximate surface area is 168 Å². The topological polar surface area (TPSA) is 75.4 Å². The van der Waals surface area contributed by atoms with Gasteiger partial charge >= 0.3 is 6.18 Å². The Morgan fingerprint density at radius 1 is 1.14 bits per heavy atom. The van der Waals surface area contributed by atoms with Crippen LogP contribution in [0.3, 0.4) is 0 Å². The van der Waals surface area contributed by atoms with Gasteiger partial charge < -0.3 is 10.2 Å². The molecule has 0 radical (unpaired) electrons. The number of nitrogens with one attached hydrogen (secondary N) is 1. The van der Waals surface area contributed by atoms with Crippen molar-refractivity contribution in [3.8, 4) is 0 Å². The molecule has 1 aromatic carbocycles. The van der Waals surface area contributed by atoms with E-state index in [4.69, 9.17) is 11.6 Å². The van der Waals surface area contributed by atoms with E-state index in [2.05, 4.69) is 20.6 Å². The molecule has 1 aliphatic rings. The van der Waals surface area contributed by atoms with E-state index in [9.17, 15) is 18.0 Å². The van der Waals surface area contributed by atoms with Gasteiger partial charge in [0.05, 0.1) is 5.92 Å². The maximum Gasteiger partial charge on any atom is 0.453 e. The molecule has 0 saturated carbocycles. The van der Waals surface area contributed by atoms with E-state index in [1.165, 1.54) is 6.07 Å². The van der Waals surface area contributed by atoms with Gasteiger partial charge in [-0.15, -0.1) is 15.3 Å². The maximum absolute atomic E-state index is 13.1. The SMILES string of the molecule is O=C(Nc1ccc(Cl)cc1)[C@@H]1CCCN(c2ccc3nnc(C(F)(F)F)n3n2)C1. The molecule has 2 aromatic heterocycles. The molecule has 0 unspecified atom stereocenters. The monoisotopic (exact) mass is 424 g/mol. The van der Waals surface area contributed by atoms with Gasteiger partial charge in [0, 0.05) is 23.8 Å². The van der Waals surface area contributed by atoms with Gasteiger partial charge in [0.2, 0.25) is 5.91 Å². The van der Waals surface area contributed by atoms with Crippen LogP contribution in [0.1, 0.15) is 18.7 Å². The number of piperidine rings is 1. The molecule has 1 fully saturated rings. The summed E-state index contributed by atoms with van der Waals surface area (Å²) in [5, 5.41) is 14.2. The molecular weight excluding hydrogens is 409 g/mol. The number of carbonyl (C=O) groups excluding carboxylic acids is 1. The van der Waals surface area contributed by atoms with E-state index in [1.54, 1.807) is 35.2 Å². The van der Waals surface area contributed by atoms with Gasteiger partial charge in [-0.1, -0.05) is 11.6 Å². The predicted octanol–water partition coefficient (Wildman–Crippen LogP) is 3.65. The largest absolute Gasteiger partial charge is 0.453 e. The first-order valence-electron chi connectivity index (χ1n) is 8.92. The molecule has 0 spiro atoms. The third kappa shape index (κ3) is 4.12. The van der Waals surface area contributed by atoms with Crippen LogP contribution in [0.15, 0.2) is 36.4 Å². The van der Waals surface area contributed by atoms with Crippen LogP contribution in [0.25, 0.3) is 5.65 Å². The summed E-state index contributed by atoms with van der Waals surface area (Å²) < 4.78 is 39.9. The maximum atomic E-state index is 13.1. The van der Waals surface area contributed by atoms with Crippen molar-refractivity contribution >= 4 is 34.7 Å². The molecule has 1 saturated heterocycles. The number of hydrogen-bond acceptors (Lipinski definition) is 5. The van der Waals surface area contributed by atoms with Gasteiger partial charge in [-0.05, 0) is 49.2 Å². The molecule has 1 N–H and O–H groups in total. The average molecular weight is 425 g/mol. The zero-order chi connectivity index (χ0) is 20.6. The van der Waals surface area contributed by atoms with Crippen molar-refractivity contribution in [2.45, 2.75) is 19.0 Å². The Hall–Kier alpha value is -2.88. The molecule has 29 heavy (non-hydrogen) atoms. The lowest BCUT2D eigenvalue weighted by atomic mass is 9.97. The molecule has 4 rings (SSSR count).